The van der Waals surface area contributed by atoms with Gasteiger partial charge < -0.3 is 0 Å². The topological polar surface area (TPSA) is 118 Å². The molecule has 0 aliphatic carbocycles. The molecule has 2 aromatic carbocycles. The quantitative estimate of drug-likeness (QED) is 0.665. The van der Waals surface area contributed by atoms with Crippen LogP contribution in [0.1, 0.15) is 5.56 Å². The normalized spacial score (nSPS) is 16.7. The Balaban J connectivity index is 1.69. The standard InChI is InChI=1S/C17H16F2N6O2S/c18-17(19)9-25(10-17)8-11-4-6-12(7-5-11)13-2-1-3-14(28(20,26)27)15(13)16-21-23-24-22-16/h1-7H,8-10H2,(H2,20,26,27)(H,21,22,23,24). The Morgan fingerprint density at radius 3 is 2.43 bits per heavy atom. The molecule has 8 nitrogen and oxygen atoms in total. The van der Waals surface area contributed by atoms with E-state index in [0.717, 1.165) is 5.56 Å². The third kappa shape index (κ3) is 3.63. The Kier molecular flexibility index (Phi) is 4.44. The number of nitrogens with two attached hydrogens (primary N) is 1. The first-order chi connectivity index (χ1) is 13.2. The van der Waals surface area contributed by atoms with Gasteiger partial charge in [0, 0.05) is 6.54 Å². The fraction of sp³-hybridized carbons (Fsp3) is 0.235. The van der Waals surface area contributed by atoms with Gasteiger partial charge in [-0.25, -0.2) is 22.3 Å². The van der Waals surface area contributed by atoms with E-state index < -0.39 is 15.9 Å². The van der Waals surface area contributed by atoms with Crippen molar-refractivity contribution in [2.45, 2.75) is 17.4 Å². The van der Waals surface area contributed by atoms with E-state index in [1.54, 1.807) is 29.2 Å². The number of H-pyrrole nitrogens is 1. The Morgan fingerprint density at radius 1 is 1.14 bits per heavy atom. The summed E-state index contributed by atoms with van der Waals surface area (Å²) in [5, 5.41) is 18.9. The predicted octanol–water partition coefficient (Wildman–Crippen LogP) is 1.63. The summed E-state index contributed by atoms with van der Waals surface area (Å²) in [6.45, 7) is -0.0644. The van der Waals surface area contributed by atoms with Gasteiger partial charge in [0.1, 0.15) is 0 Å². The maximum absolute atomic E-state index is 13.0. The molecule has 1 aromatic heterocycles. The second kappa shape index (κ2) is 6.69. The molecule has 0 radical (unpaired) electrons. The number of tetrazole rings is 1. The molecule has 0 amide bonds. The highest BCUT2D eigenvalue weighted by Gasteiger charge is 2.43. The summed E-state index contributed by atoms with van der Waals surface area (Å²) in [5.74, 6) is -2.50. The number of benzene rings is 2. The molecule has 2 heterocycles. The van der Waals surface area contributed by atoms with Gasteiger partial charge in [-0.05, 0) is 28.0 Å². The first kappa shape index (κ1) is 18.6. The summed E-state index contributed by atoms with van der Waals surface area (Å²) in [5.41, 5.74) is 2.40. The number of primary sulfonamides is 1. The summed E-state index contributed by atoms with van der Waals surface area (Å²) >= 11 is 0. The number of halogens is 2. The molecule has 1 saturated heterocycles. The molecule has 4 rings (SSSR count). The fourth-order valence-electron chi connectivity index (χ4n) is 3.27. The largest absolute Gasteiger partial charge is 0.287 e. The van der Waals surface area contributed by atoms with E-state index >= 15 is 0 Å². The zero-order valence-corrected chi connectivity index (χ0v) is 15.3. The van der Waals surface area contributed by atoms with Crippen molar-refractivity contribution in [3.8, 4) is 22.5 Å². The highest BCUT2D eigenvalue weighted by Crippen LogP contribution is 2.35. The van der Waals surface area contributed by atoms with Crippen LogP contribution in [0.2, 0.25) is 0 Å². The molecule has 146 valence electrons. The van der Waals surface area contributed by atoms with Crippen LogP contribution >= 0.6 is 0 Å². The summed E-state index contributed by atoms with van der Waals surface area (Å²) < 4.78 is 50.0. The molecule has 0 bridgehead atoms. The van der Waals surface area contributed by atoms with E-state index in [0.29, 0.717) is 17.7 Å². The number of alkyl halides is 2. The maximum atomic E-state index is 13.0. The highest BCUT2D eigenvalue weighted by molar-refractivity contribution is 7.89. The zero-order chi connectivity index (χ0) is 19.9. The Morgan fingerprint density at radius 2 is 1.86 bits per heavy atom. The van der Waals surface area contributed by atoms with Crippen LogP contribution in [0.3, 0.4) is 0 Å². The van der Waals surface area contributed by atoms with Crippen LogP contribution in [-0.2, 0) is 16.6 Å². The molecule has 1 fully saturated rings. The minimum atomic E-state index is -4.02. The van der Waals surface area contributed by atoms with Crippen LogP contribution in [0, 0.1) is 0 Å². The number of nitrogens with zero attached hydrogens (tertiary/aromatic N) is 4. The van der Waals surface area contributed by atoms with Crippen LogP contribution in [0.5, 0.6) is 0 Å². The number of hydrogen-bond donors (Lipinski definition) is 2. The molecule has 28 heavy (non-hydrogen) atoms. The lowest BCUT2D eigenvalue weighted by atomic mass is 9.98. The molecule has 1 aliphatic heterocycles. The highest BCUT2D eigenvalue weighted by atomic mass is 32.2. The first-order valence-electron chi connectivity index (χ1n) is 8.32. The van der Waals surface area contributed by atoms with Gasteiger partial charge in [-0.15, -0.1) is 10.2 Å². The molecule has 0 unspecified atom stereocenters. The smallest absolute Gasteiger partial charge is 0.272 e. The van der Waals surface area contributed by atoms with Gasteiger partial charge in [0.2, 0.25) is 15.8 Å². The fourth-order valence-corrected chi connectivity index (χ4v) is 4.03. The number of sulfonamides is 1. The predicted molar refractivity (Wildman–Crippen MR) is 96.6 cm³/mol. The van der Waals surface area contributed by atoms with Crippen molar-refractivity contribution >= 4 is 10.0 Å². The molecular weight excluding hydrogens is 390 g/mol. The van der Waals surface area contributed by atoms with Gasteiger partial charge in [-0.2, -0.15) is 5.21 Å². The van der Waals surface area contributed by atoms with Gasteiger partial charge in [-0.1, -0.05) is 36.4 Å². The van der Waals surface area contributed by atoms with E-state index in [1.165, 1.54) is 6.07 Å². The summed E-state index contributed by atoms with van der Waals surface area (Å²) in [6, 6.07) is 11.9. The Labute approximate surface area is 159 Å². The summed E-state index contributed by atoms with van der Waals surface area (Å²) in [7, 11) is -4.02. The third-order valence-electron chi connectivity index (χ3n) is 4.48. The van der Waals surface area contributed by atoms with Crippen molar-refractivity contribution < 1.29 is 17.2 Å². The van der Waals surface area contributed by atoms with Gasteiger partial charge >= 0.3 is 0 Å². The molecule has 0 atom stereocenters. The number of rotatable bonds is 5. The average Bonchev–Trinajstić information content (AvgIpc) is 3.14. The van der Waals surface area contributed by atoms with Gasteiger partial charge in [0.15, 0.2) is 0 Å². The van der Waals surface area contributed by atoms with Crippen molar-refractivity contribution in [1.82, 2.24) is 25.5 Å². The molecule has 0 saturated carbocycles. The lowest BCUT2D eigenvalue weighted by molar-refractivity contribution is -0.133. The van der Waals surface area contributed by atoms with E-state index in [9.17, 15) is 17.2 Å². The van der Waals surface area contributed by atoms with Gasteiger partial charge in [0.25, 0.3) is 5.92 Å². The van der Waals surface area contributed by atoms with Crippen molar-refractivity contribution in [2.24, 2.45) is 5.14 Å². The Bertz CT molecular complexity index is 1090. The van der Waals surface area contributed by atoms with Gasteiger partial charge in [-0.3, -0.25) is 4.90 Å². The third-order valence-corrected chi connectivity index (χ3v) is 5.44. The SMILES string of the molecule is NS(=O)(=O)c1cccc(-c2ccc(CN3CC(F)(F)C3)cc2)c1-c1nn[nH]n1. The minimum absolute atomic E-state index is 0.103. The van der Waals surface area contributed by atoms with Crippen molar-refractivity contribution in [2.75, 3.05) is 13.1 Å². The van der Waals surface area contributed by atoms with Crippen LogP contribution in [-0.4, -0.2) is 53.0 Å². The monoisotopic (exact) mass is 406 g/mol. The number of aromatic nitrogens is 4. The molecule has 11 heteroatoms. The van der Waals surface area contributed by atoms with E-state index in [4.69, 9.17) is 5.14 Å². The van der Waals surface area contributed by atoms with Crippen molar-refractivity contribution in [3.05, 3.63) is 48.0 Å². The lowest BCUT2D eigenvalue weighted by Crippen LogP contribution is -2.55. The molecule has 0 spiro atoms. The van der Waals surface area contributed by atoms with Crippen molar-refractivity contribution in [1.29, 1.82) is 0 Å². The van der Waals surface area contributed by atoms with E-state index in [1.807, 2.05) is 12.1 Å². The van der Waals surface area contributed by atoms with Gasteiger partial charge in [0.05, 0.1) is 23.5 Å². The van der Waals surface area contributed by atoms with E-state index in [2.05, 4.69) is 20.6 Å². The second-order valence-corrected chi connectivity index (χ2v) is 8.19. The summed E-state index contributed by atoms with van der Waals surface area (Å²) in [6.07, 6.45) is 0. The molecule has 3 N–H and O–H groups in total. The molecule has 3 aromatic rings. The van der Waals surface area contributed by atoms with Crippen molar-refractivity contribution in [3.63, 3.8) is 0 Å². The first-order valence-corrected chi connectivity index (χ1v) is 9.87. The van der Waals surface area contributed by atoms with Crippen LogP contribution < -0.4 is 5.14 Å². The number of nitrogens with one attached hydrogen (secondary N) is 1. The maximum Gasteiger partial charge on any atom is 0.272 e. The second-order valence-electron chi connectivity index (χ2n) is 6.66. The zero-order valence-electron chi connectivity index (χ0n) is 14.5. The average molecular weight is 406 g/mol. The van der Waals surface area contributed by atoms with Crippen LogP contribution in [0.4, 0.5) is 8.78 Å². The van der Waals surface area contributed by atoms with E-state index in [-0.39, 0.29) is 29.4 Å². The molecular formula is C17H16F2N6O2S. The van der Waals surface area contributed by atoms with Crippen LogP contribution in [0.15, 0.2) is 47.4 Å². The Hall–Kier alpha value is -2.76. The number of hydrogen-bond acceptors (Lipinski definition) is 6. The lowest BCUT2D eigenvalue weighted by Gasteiger charge is -2.38. The number of likely N-dealkylation sites (tertiary alicyclic amines) is 1. The minimum Gasteiger partial charge on any atom is -0.287 e. The number of aromatic amines is 1. The van der Waals surface area contributed by atoms with Crippen LogP contribution in [0.25, 0.3) is 22.5 Å². The molecule has 1 aliphatic rings. The summed E-state index contributed by atoms with van der Waals surface area (Å²) in [4.78, 5) is 1.54.